The summed E-state index contributed by atoms with van der Waals surface area (Å²) in [5.41, 5.74) is 0. The zero-order valence-electron chi connectivity index (χ0n) is 6.62. The first-order valence-electron chi connectivity index (χ1n) is 3.58. The Labute approximate surface area is 71.0 Å². The minimum Gasteiger partial charge on any atom is -0.480 e. The second-order valence-electron chi connectivity index (χ2n) is 2.27. The molecule has 0 fully saturated rings. The van der Waals surface area contributed by atoms with Gasteiger partial charge in [-0.15, -0.1) is 12.3 Å². The van der Waals surface area contributed by atoms with Crippen LogP contribution in [0.15, 0.2) is 0 Å². The summed E-state index contributed by atoms with van der Waals surface area (Å²) in [6, 6.07) is -0.809. The van der Waals surface area contributed by atoms with Crippen LogP contribution in [0.4, 0.5) is 0 Å². The van der Waals surface area contributed by atoms with Crippen LogP contribution in [0, 0.1) is 12.3 Å². The Kier molecular flexibility index (Phi) is 5.45. The molecule has 0 aromatic heterocycles. The van der Waals surface area contributed by atoms with Gasteiger partial charge in [-0.05, 0) is 12.8 Å². The van der Waals surface area contributed by atoms with Crippen molar-refractivity contribution in [3.8, 4) is 12.3 Å². The number of amides is 1. The number of terminal acetylenes is 1. The lowest BCUT2D eigenvalue weighted by atomic mass is 10.1. The highest BCUT2D eigenvalue weighted by Gasteiger charge is 2.14. The van der Waals surface area contributed by atoms with E-state index in [1.165, 1.54) is 0 Å². The zero-order valence-corrected chi connectivity index (χ0v) is 6.62. The maximum Gasteiger partial charge on any atom is 0.326 e. The van der Waals surface area contributed by atoms with Crippen molar-refractivity contribution in [1.29, 1.82) is 0 Å². The van der Waals surface area contributed by atoms with E-state index < -0.39 is 12.0 Å². The minimum absolute atomic E-state index is 0.373. The summed E-state index contributed by atoms with van der Waals surface area (Å²) < 4.78 is 0. The Bertz CT molecular complexity index is 195. The molecular formula is C8H11NO3. The number of carboxylic acids is 1. The second-order valence-corrected chi connectivity index (χ2v) is 2.27. The molecule has 0 radical (unpaired) electrons. The van der Waals surface area contributed by atoms with Gasteiger partial charge in [-0.3, -0.25) is 4.79 Å². The minimum atomic E-state index is -1.03. The van der Waals surface area contributed by atoms with Gasteiger partial charge in [-0.25, -0.2) is 4.79 Å². The van der Waals surface area contributed by atoms with Crippen molar-refractivity contribution in [2.24, 2.45) is 0 Å². The van der Waals surface area contributed by atoms with E-state index in [2.05, 4.69) is 11.2 Å². The van der Waals surface area contributed by atoms with Crippen LogP contribution >= 0.6 is 0 Å². The fourth-order valence-corrected chi connectivity index (χ4v) is 0.768. The lowest BCUT2D eigenvalue weighted by Gasteiger charge is -2.08. The number of carboxylic acid groups (broad SMARTS) is 1. The maximum absolute atomic E-state index is 10.4. The number of rotatable bonds is 6. The van der Waals surface area contributed by atoms with Gasteiger partial charge in [-0.2, -0.15) is 0 Å². The number of aliphatic carboxylic acids is 1. The van der Waals surface area contributed by atoms with Crippen molar-refractivity contribution in [2.45, 2.75) is 25.3 Å². The van der Waals surface area contributed by atoms with Crippen LogP contribution in [0.25, 0.3) is 0 Å². The predicted molar refractivity (Wildman–Crippen MR) is 43.3 cm³/mol. The molecule has 0 aromatic carbocycles. The Morgan fingerprint density at radius 1 is 1.75 bits per heavy atom. The monoisotopic (exact) mass is 169 g/mol. The zero-order chi connectivity index (χ0) is 9.40. The molecule has 1 atom stereocenters. The number of hydrogen-bond acceptors (Lipinski definition) is 2. The molecule has 0 aliphatic heterocycles. The molecule has 4 nitrogen and oxygen atoms in total. The lowest BCUT2D eigenvalue weighted by molar-refractivity contribution is -0.140. The molecular weight excluding hydrogens is 158 g/mol. The predicted octanol–water partition coefficient (Wildman–Crippen LogP) is -0.0109. The molecule has 2 N–H and O–H groups in total. The molecule has 0 aliphatic rings. The number of nitrogens with one attached hydrogen (secondary N) is 1. The Hall–Kier alpha value is -1.50. The van der Waals surface area contributed by atoms with Crippen LogP contribution in [0.3, 0.4) is 0 Å². The molecule has 66 valence electrons. The second kappa shape index (κ2) is 6.23. The highest BCUT2D eigenvalue weighted by atomic mass is 16.4. The van der Waals surface area contributed by atoms with E-state index in [9.17, 15) is 9.59 Å². The summed E-state index contributed by atoms with van der Waals surface area (Å²) in [4.78, 5) is 20.3. The first kappa shape index (κ1) is 10.5. The van der Waals surface area contributed by atoms with Gasteiger partial charge < -0.3 is 10.4 Å². The van der Waals surface area contributed by atoms with Crippen LogP contribution in [0.1, 0.15) is 19.3 Å². The third-order valence-corrected chi connectivity index (χ3v) is 1.38. The SMILES string of the molecule is C#CCCCC(NC=O)C(=O)O. The van der Waals surface area contributed by atoms with Crippen LogP contribution in [-0.2, 0) is 9.59 Å². The molecule has 1 amide bonds. The van der Waals surface area contributed by atoms with Gasteiger partial charge >= 0.3 is 5.97 Å². The first-order valence-corrected chi connectivity index (χ1v) is 3.58. The summed E-state index contributed by atoms with van der Waals surface area (Å²) in [5.74, 6) is 1.37. The summed E-state index contributed by atoms with van der Waals surface area (Å²) in [6.07, 6.45) is 6.87. The van der Waals surface area contributed by atoms with E-state index in [1.807, 2.05) is 0 Å². The van der Waals surface area contributed by atoms with Gasteiger partial charge in [0, 0.05) is 6.42 Å². The van der Waals surface area contributed by atoms with Crippen LogP contribution in [0.5, 0.6) is 0 Å². The maximum atomic E-state index is 10.4. The van der Waals surface area contributed by atoms with E-state index in [1.54, 1.807) is 0 Å². The molecule has 0 aliphatic carbocycles. The molecule has 0 heterocycles. The average Bonchev–Trinajstić information content (AvgIpc) is 2.03. The summed E-state index contributed by atoms with van der Waals surface area (Å²) in [7, 11) is 0. The Balaban J connectivity index is 3.72. The van der Waals surface area contributed by atoms with E-state index in [-0.39, 0.29) is 0 Å². The molecule has 0 saturated heterocycles. The van der Waals surface area contributed by atoms with Crippen molar-refractivity contribution >= 4 is 12.4 Å². The van der Waals surface area contributed by atoms with Crippen molar-refractivity contribution in [1.82, 2.24) is 5.32 Å². The van der Waals surface area contributed by atoms with E-state index in [4.69, 9.17) is 11.5 Å². The van der Waals surface area contributed by atoms with Gasteiger partial charge in [0.25, 0.3) is 0 Å². The quantitative estimate of drug-likeness (QED) is 0.334. The Morgan fingerprint density at radius 2 is 2.42 bits per heavy atom. The number of hydrogen-bond donors (Lipinski definition) is 2. The molecule has 0 bridgehead atoms. The summed E-state index contributed by atoms with van der Waals surface area (Å²) in [5, 5.41) is 10.7. The average molecular weight is 169 g/mol. The largest absolute Gasteiger partial charge is 0.480 e. The molecule has 0 aromatic rings. The fourth-order valence-electron chi connectivity index (χ4n) is 0.768. The van der Waals surface area contributed by atoms with E-state index in [0.717, 1.165) is 0 Å². The smallest absolute Gasteiger partial charge is 0.326 e. The molecule has 0 saturated carbocycles. The van der Waals surface area contributed by atoms with Crippen LogP contribution in [-0.4, -0.2) is 23.5 Å². The van der Waals surface area contributed by atoms with Gasteiger partial charge in [0.15, 0.2) is 0 Å². The van der Waals surface area contributed by atoms with Crippen molar-refractivity contribution in [2.75, 3.05) is 0 Å². The van der Waals surface area contributed by atoms with Crippen molar-refractivity contribution in [3.63, 3.8) is 0 Å². The highest BCUT2D eigenvalue weighted by Crippen LogP contribution is 1.99. The molecule has 4 heteroatoms. The topological polar surface area (TPSA) is 66.4 Å². The number of unbranched alkanes of at least 4 members (excludes halogenated alkanes) is 1. The fraction of sp³-hybridized carbons (Fsp3) is 0.500. The van der Waals surface area contributed by atoms with Crippen molar-refractivity contribution in [3.05, 3.63) is 0 Å². The third-order valence-electron chi connectivity index (χ3n) is 1.38. The summed E-state index contributed by atoms with van der Waals surface area (Å²) >= 11 is 0. The van der Waals surface area contributed by atoms with E-state index >= 15 is 0 Å². The number of carbonyl (C=O) groups excluding carboxylic acids is 1. The van der Waals surface area contributed by atoms with E-state index in [0.29, 0.717) is 25.7 Å². The van der Waals surface area contributed by atoms with Crippen molar-refractivity contribution < 1.29 is 14.7 Å². The molecule has 0 rings (SSSR count). The molecule has 12 heavy (non-hydrogen) atoms. The molecule has 1 unspecified atom stereocenters. The van der Waals surface area contributed by atoms with Crippen LogP contribution < -0.4 is 5.32 Å². The Morgan fingerprint density at radius 3 is 2.83 bits per heavy atom. The highest BCUT2D eigenvalue weighted by molar-refractivity contribution is 5.76. The third kappa shape index (κ3) is 4.34. The van der Waals surface area contributed by atoms with Gasteiger partial charge in [-0.1, -0.05) is 0 Å². The van der Waals surface area contributed by atoms with Crippen LogP contribution in [0.2, 0.25) is 0 Å². The lowest BCUT2D eigenvalue weighted by Crippen LogP contribution is -2.35. The van der Waals surface area contributed by atoms with Gasteiger partial charge in [0.05, 0.1) is 0 Å². The molecule has 0 spiro atoms. The number of carbonyl (C=O) groups is 2. The normalized spacial score (nSPS) is 11.2. The standard InChI is InChI=1S/C8H11NO3/c1-2-3-4-5-7(8(11)12)9-6-10/h1,6-7H,3-5H2,(H,9,10)(H,11,12). The van der Waals surface area contributed by atoms with Gasteiger partial charge in [0.2, 0.25) is 6.41 Å². The first-order chi connectivity index (χ1) is 5.72. The van der Waals surface area contributed by atoms with Gasteiger partial charge in [0.1, 0.15) is 6.04 Å². The summed E-state index contributed by atoms with van der Waals surface area (Å²) in [6.45, 7) is 0.